The molecule has 3 nitrogen and oxygen atoms in total. The Hall–Kier alpha value is -1.75. The highest BCUT2D eigenvalue weighted by molar-refractivity contribution is 5.22. The van der Waals surface area contributed by atoms with Crippen LogP contribution in [0.15, 0.2) is 36.5 Å². The van der Waals surface area contributed by atoms with Crippen molar-refractivity contribution in [3.8, 4) is 0 Å². The largest absolute Gasteiger partial charge is 0.327 e. The monoisotopic (exact) mass is 291 g/mol. The van der Waals surface area contributed by atoms with E-state index in [2.05, 4.69) is 10.3 Å². The Balaban J connectivity index is 1.85. The number of hydrogen-bond donors (Lipinski definition) is 1. The first kappa shape index (κ1) is 14.2. The van der Waals surface area contributed by atoms with Gasteiger partial charge in [0.1, 0.15) is 0 Å². The van der Waals surface area contributed by atoms with Crippen LogP contribution in [0.1, 0.15) is 42.4 Å². The molecule has 1 aromatic heterocycles. The van der Waals surface area contributed by atoms with Crippen molar-refractivity contribution >= 4 is 0 Å². The summed E-state index contributed by atoms with van der Waals surface area (Å²) in [6.07, 6.45) is 1.63. The van der Waals surface area contributed by atoms with Gasteiger partial charge in [-0.05, 0) is 31.5 Å². The first-order valence-corrected chi connectivity index (χ1v) is 7.34. The first-order chi connectivity index (χ1) is 10.2. The normalized spacial score (nSPS) is 16.5. The van der Waals surface area contributed by atoms with E-state index in [0.29, 0.717) is 6.42 Å². The number of nitrogens with one attached hydrogen (secondary N) is 1. The Morgan fingerprint density at radius 3 is 2.57 bits per heavy atom. The van der Waals surface area contributed by atoms with E-state index in [-0.39, 0.29) is 11.9 Å². The Bertz CT molecular complexity index is 574. The molecule has 1 aliphatic rings. The van der Waals surface area contributed by atoms with Gasteiger partial charge in [-0.1, -0.05) is 30.3 Å². The lowest BCUT2D eigenvalue weighted by Gasteiger charge is -2.25. The number of halogens is 2. The molecular formula is C16H19F2N3. The van der Waals surface area contributed by atoms with Crippen molar-refractivity contribution in [3.63, 3.8) is 0 Å². The second-order valence-electron chi connectivity index (χ2n) is 5.44. The third kappa shape index (κ3) is 3.29. The van der Waals surface area contributed by atoms with Crippen LogP contribution >= 0.6 is 0 Å². The van der Waals surface area contributed by atoms with E-state index in [4.69, 9.17) is 0 Å². The first-order valence-electron chi connectivity index (χ1n) is 7.34. The van der Waals surface area contributed by atoms with Gasteiger partial charge in [0.05, 0.1) is 5.69 Å². The fourth-order valence-corrected chi connectivity index (χ4v) is 2.89. The topological polar surface area (TPSA) is 29.9 Å². The molecule has 1 N–H and O–H groups in total. The van der Waals surface area contributed by atoms with Crippen LogP contribution in [-0.4, -0.2) is 22.6 Å². The summed E-state index contributed by atoms with van der Waals surface area (Å²) in [4.78, 5) is 4.17. The number of piperidine rings is 1. The molecule has 1 aromatic carbocycles. The summed E-state index contributed by atoms with van der Waals surface area (Å²) in [5.41, 5.74) is 1.81. The van der Waals surface area contributed by atoms with E-state index < -0.39 is 6.43 Å². The number of alkyl halides is 2. The van der Waals surface area contributed by atoms with Crippen LogP contribution in [0, 0.1) is 0 Å². The second kappa shape index (κ2) is 6.35. The quantitative estimate of drug-likeness (QED) is 0.936. The molecule has 0 unspecified atom stereocenters. The SMILES string of the molecule is FC(F)c1nc(Cc2ccccc2)cn1C1CCNCC1. The summed E-state index contributed by atoms with van der Waals surface area (Å²) in [6, 6.07) is 9.96. The number of nitrogens with zero attached hydrogens (tertiary/aromatic N) is 2. The maximum absolute atomic E-state index is 13.2. The molecule has 2 aromatic rings. The summed E-state index contributed by atoms with van der Waals surface area (Å²) in [6.45, 7) is 1.75. The van der Waals surface area contributed by atoms with E-state index >= 15 is 0 Å². The highest BCUT2D eigenvalue weighted by Gasteiger charge is 2.23. The van der Waals surface area contributed by atoms with Crippen molar-refractivity contribution in [1.82, 2.24) is 14.9 Å². The van der Waals surface area contributed by atoms with Gasteiger partial charge in [0, 0.05) is 18.7 Å². The van der Waals surface area contributed by atoms with Gasteiger partial charge in [-0.25, -0.2) is 13.8 Å². The molecule has 1 fully saturated rings. The molecule has 0 aliphatic carbocycles. The minimum Gasteiger partial charge on any atom is -0.327 e. The van der Waals surface area contributed by atoms with Crippen LogP contribution in [0.25, 0.3) is 0 Å². The van der Waals surface area contributed by atoms with Gasteiger partial charge in [0.25, 0.3) is 6.43 Å². The molecule has 5 heteroatoms. The van der Waals surface area contributed by atoms with Crippen LogP contribution in [-0.2, 0) is 6.42 Å². The molecule has 0 spiro atoms. The molecule has 1 saturated heterocycles. The average molecular weight is 291 g/mol. The molecule has 21 heavy (non-hydrogen) atoms. The zero-order valence-corrected chi connectivity index (χ0v) is 11.8. The van der Waals surface area contributed by atoms with E-state index in [0.717, 1.165) is 37.2 Å². The van der Waals surface area contributed by atoms with Gasteiger partial charge >= 0.3 is 0 Å². The third-order valence-corrected chi connectivity index (χ3v) is 3.94. The Morgan fingerprint density at radius 2 is 1.90 bits per heavy atom. The molecule has 0 amide bonds. The molecular weight excluding hydrogens is 272 g/mol. The van der Waals surface area contributed by atoms with Crippen molar-refractivity contribution < 1.29 is 8.78 Å². The van der Waals surface area contributed by atoms with Gasteiger partial charge in [-0.15, -0.1) is 0 Å². The zero-order valence-electron chi connectivity index (χ0n) is 11.8. The number of hydrogen-bond acceptors (Lipinski definition) is 2. The van der Waals surface area contributed by atoms with E-state index in [1.54, 1.807) is 4.57 Å². The van der Waals surface area contributed by atoms with Gasteiger partial charge in [0.15, 0.2) is 5.82 Å². The smallest absolute Gasteiger partial charge is 0.295 e. The summed E-state index contributed by atoms with van der Waals surface area (Å²) < 4.78 is 28.2. The van der Waals surface area contributed by atoms with Gasteiger partial charge in [0.2, 0.25) is 0 Å². The van der Waals surface area contributed by atoms with Crippen molar-refractivity contribution in [1.29, 1.82) is 0 Å². The van der Waals surface area contributed by atoms with Crippen molar-refractivity contribution in [2.75, 3.05) is 13.1 Å². The highest BCUT2D eigenvalue weighted by Crippen LogP contribution is 2.27. The number of benzene rings is 1. The van der Waals surface area contributed by atoms with Crippen LogP contribution in [0.2, 0.25) is 0 Å². The van der Waals surface area contributed by atoms with Gasteiger partial charge in [-0.2, -0.15) is 0 Å². The highest BCUT2D eigenvalue weighted by atomic mass is 19.3. The van der Waals surface area contributed by atoms with E-state index in [9.17, 15) is 8.78 Å². The molecule has 0 atom stereocenters. The predicted octanol–water partition coefficient (Wildman–Crippen LogP) is 3.34. The molecule has 112 valence electrons. The van der Waals surface area contributed by atoms with Crippen molar-refractivity contribution in [2.45, 2.75) is 31.7 Å². The number of aromatic nitrogens is 2. The summed E-state index contributed by atoms with van der Waals surface area (Å²) in [5.74, 6) is -0.0900. The Morgan fingerprint density at radius 1 is 1.19 bits per heavy atom. The molecule has 0 radical (unpaired) electrons. The second-order valence-corrected chi connectivity index (χ2v) is 5.44. The van der Waals surface area contributed by atoms with Crippen LogP contribution < -0.4 is 5.32 Å². The van der Waals surface area contributed by atoms with E-state index in [1.807, 2.05) is 36.5 Å². The Kier molecular flexibility index (Phi) is 4.29. The lowest BCUT2D eigenvalue weighted by Crippen LogP contribution is -2.30. The minimum absolute atomic E-state index is 0.0900. The summed E-state index contributed by atoms with van der Waals surface area (Å²) in [5, 5.41) is 3.26. The summed E-state index contributed by atoms with van der Waals surface area (Å²) in [7, 11) is 0. The van der Waals surface area contributed by atoms with Gasteiger partial charge in [-0.3, -0.25) is 0 Å². The molecule has 3 rings (SSSR count). The molecule has 0 bridgehead atoms. The lowest BCUT2D eigenvalue weighted by atomic mass is 10.1. The van der Waals surface area contributed by atoms with Crippen molar-refractivity contribution in [2.24, 2.45) is 0 Å². The van der Waals surface area contributed by atoms with Crippen LogP contribution in [0.4, 0.5) is 8.78 Å². The zero-order chi connectivity index (χ0) is 14.7. The fraction of sp³-hybridized carbons (Fsp3) is 0.438. The fourth-order valence-electron chi connectivity index (χ4n) is 2.89. The summed E-state index contributed by atoms with van der Waals surface area (Å²) >= 11 is 0. The Labute approximate surface area is 123 Å². The third-order valence-electron chi connectivity index (χ3n) is 3.94. The molecule has 2 heterocycles. The number of imidazole rings is 1. The molecule has 0 saturated carbocycles. The molecule has 1 aliphatic heterocycles. The van der Waals surface area contributed by atoms with Crippen LogP contribution in [0.3, 0.4) is 0 Å². The van der Waals surface area contributed by atoms with E-state index in [1.165, 1.54) is 0 Å². The van der Waals surface area contributed by atoms with Gasteiger partial charge < -0.3 is 9.88 Å². The average Bonchev–Trinajstić information content (AvgIpc) is 2.93. The predicted molar refractivity (Wildman–Crippen MR) is 77.6 cm³/mol. The standard InChI is InChI=1S/C16H19F2N3/c17-15(18)16-20-13(10-12-4-2-1-3-5-12)11-21(16)14-6-8-19-9-7-14/h1-5,11,14-15,19H,6-10H2. The maximum Gasteiger partial charge on any atom is 0.295 e. The van der Waals surface area contributed by atoms with Crippen LogP contribution in [0.5, 0.6) is 0 Å². The minimum atomic E-state index is -2.52. The maximum atomic E-state index is 13.2. The lowest BCUT2D eigenvalue weighted by molar-refractivity contribution is 0.130. The van der Waals surface area contributed by atoms with Crippen molar-refractivity contribution in [3.05, 3.63) is 53.6 Å². The number of rotatable bonds is 4.